The van der Waals surface area contributed by atoms with Crippen LogP contribution in [0.5, 0.6) is 0 Å². The van der Waals surface area contributed by atoms with Crippen LogP contribution in [0.3, 0.4) is 0 Å². The molecule has 1 heterocycles. The Bertz CT molecular complexity index is 1580. The first-order chi connectivity index (χ1) is 22.0. The number of carbonyl (C=O) groups excluding carboxylic acids is 2. The van der Waals surface area contributed by atoms with Crippen molar-refractivity contribution in [3.8, 4) is 0 Å². The van der Waals surface area contributed by atoms with Gasteiger partial charge >= 0.3 is 12.4 Å². The van der Waals surface area contributed by atoms with Crippen molar-refractivity contribution in [2.24, 2.45) is 0 Å². The van der Waals surface area contributed by atoms with Crippen molar-refractivity contribution >= 4 is 29.5 Å². The molecule has 0 spiro atoms. The van der Waals surface area contributed by atoms with E-state index in [1.807, 2.05) is 0 Å². The number of hydrogen-bond donors (Lipinski definition) is 4. The summed E-state index contributed by atoms with van der Waals surface area (Å²) in [5.74, 6) is -2.00. The van der Waals surface area contributed by atoms with E-state index in [0.717, 1.165) is 24.1 Å². The Balaban J connectivity index is 1.46. The maximum atomic E-state index is 13.8. The number of hydrogen-bond acceptors (Lipinski definition) is 8. The van der Waals surface area contributed by atoms with Gasteiger partial charge in [0.2, 0.25) is 6.04 Å². The highest BCUT2D eigenvalue weighted by molar-refractivity contribution is 7.98. The molecule has 2 amide bonds. The lowest BCUT2D eigenvalue weighted by atomic mass is 10.0. The molecule has 4 rings (SSSR count). The van der Waals surface area contributed by atoms with Crippen LogP contribution in [0, 0.1) is 15.5 Å². The molecule has 47 heavy (non-hydrogen) atoms. The zero-order chi connectivity index (χ0) is 34.5. The van der Waals surface area contributed by atoms with Gasteiger partial charge in [-0.2, -0.15) is 26.3 Å². The molecular weight excluding hydrogens is 654 g/mol. The summed E-state index contributed by atoms with van der Waals surface area (Å²) >= 11 is 1.11. The second kappa shape index (κ2) is 14.5. The topological polar surface area (TPSA) is 140 Å². The molecule has 1 aliphatic heterocycles. The van der Waals surface area contributed by atoms with Crippen molar-refractivity contribution in [2.75, 3.05) is 13.1 Å². The second-order valence-electron chi connectivity index (χ2n) is 10.9. The zero-order valence-corrected chi connectivity index (χ0v) is 25.6. The quantitative estimate of drug-likeness (QED) is 0.0491. The minimum atomic E-state index is -5.20. The molecule has 3 unspecified atom stereocenters. The molecule has 1 aliphatic carbocycles. The van der Waals surface area contributed by atoms with Gasteiger partial charge < -0.3 is 15.5 Å². The van der Waals surface area contributed by atoms with Crippen LogP contribution in [-0.2, 0) is 17.5 Å². The summed E-state index contributed by atoms with van der Waals surface area (Å²) < 4.78 is 83.6. The van der Waals surface area contributed by atoms with Gasteiger partial charge in [0.05, 0.1) is 11.6 Å². The molecule has 1 fully saturated rings. The summed E-state index contributed by atoms with van der Waals surface area (Å²) in [5.41, 5.74) is -3.03. The molecule has 3 atom stereocenters. The summed E-state index contributed by atoms with van der Waals surface area (Å²) in [7, 11) is 0. The summed E-state index contributed by atoms with van der Waals surface area (Å²) in [6.07, 6.45) is -5.82. The van der Waals surface area contributed by atoms with Crippen molar-refractivity contribution in [1.82, 2.24) is 20.3 Å². The second-order valence-corrected chi connectivity index (χ2v) is 11.9. The largest absolute Gasteiger partial charge is 0.433 e. The van der Waals surface area contributed by atoms with E-state index in [9.17, 15) is 46.0 Å². The lowest BCUT2D eigenvalue weighted by Crippen LogP contribution is -2.39. The third kappa shape index (κ3) is 9.05. The van der Waals surface area contributed by atoms with Crippen molar-refractivity contribution in [3.05, 3.63) is 104 Å². The van der Waals surface area contributed by atoms with Crippen LogP contribution >= 0.6 is 11.9 Å². The van der Waals surface area contributed by atoms with E-state index in [1.165, 1.54) is 54.3 Å². The summed E-state index contributed by atoms with van der Waals surface area (Å²) in [6.45, 7) is 1.41. The Morgan fingerprint density at radius 3 is 2.40 bits per heavy atom. The first kappa shape index (κ1) is 35.3. The minimum Gasteiger partial charge on any atom is -0.369 e. The van der Waals surface area contributed by atoms with Gasteiger partial charge in [-0.1, -0.05) is 30.3 Å². The number of alkyl halides is 6. The molecule has 2 aromatic carbocycles. The first-order valence-corrected chi connectivity index (χ1v) is 15.2. The smallest absolute Gasteiger partial charge is 0.369 e. The van der Waals surface area contributed by atoms with Gasteiger partial charge in [-0.05, 0) is 66.8 Å². The minimum absolute atomic E-state index is 0.0707. The number of nitrogens with one attached hydrogen (secondary N) is 4. The highest BCUT2D eigenvalue weighted by Gasteiger charge is 2.42. The highest BCUT2D eigenvalue weighted by Crippen LogP contribution is 2.31. The van der Waals surface area contributed by atoms with Gasteiger partial charge in [-0.25, -0.2) is 0 Å². The van der Waals surface area contributed by atoms with Gasteiger partial charge in [-0.3, -0.25) is 29.8 Å². The van der Waals surface area contributed by atoms with Crippen LogP contribution in [0.4, 0.5) is 26.3 Å². The van der Waals surface area contributed by atoms with E-state index in [4.69, 9.17) is 5.41 Å². The number of nitrogens with zero attached hydrogens (tertiary/aromatic N) is 2. The molecule has 0 bridgehead atoms. The maximum absolute atomic E-state index is 13.8. The fourth-order valence-electron chi connectivity index (χ4n) is 5.00. The number of benzene rings is 2. The number of halogens is 6. The Morgan fingerprint density at radius 1 is 1.11 bits per heavy atom. The summed E-state index contributed by atoms with van der Waals surface area (Å²) in [5, 5.41) is 23.7. The van der Waals surface area contributed by atoms with Crippen LogP contribution in [0.2, 0.25) is 0 Å². The van der Waals surface area contributed by atoms with Gasteiger partial charge in [0.15, 0.2) is 5.71 Å². The number of carbonyl (C=O) groups is 2. The Kier molecular flexibility index (Phi) is 10.9. The molecule has 17 heteroatoms. The monoisotopic (exact) mass is 684 g/mol. The van der Waals surface area contributed by atoms with Gasteiger partial charge in [0, 0.05) is 41.8 Å². The Morgan fingerprint density at radius 2 is 1.81 bits per heavy atom. The lowest BCUT2D eigenvalue weighted by molar-refractivity contribution is -0.510. The van der Waals surface area contributed by atoms with E-state index in [1.54, 1.807) is 6.08 Å². The van der Waals surface area contributed by atoms with Crippen LogP contribution in [-0.4, -0.2) is 57.9 Å². The molecule has 4 N–H and O–H groups in total. The standard InChI is InChI=1S/C30H30F6N6O4S/c1-17(19-5-7-20(8-6-19)27(43)40-47-23-11-9-22(10-12-23)42(45)46)39-28(44)24(25(37)30(34,35)36)26-38-13-14-41(26)16-18-3-2-4-21(15-18)29(31,32)33/h2-9,11,15,17,22-23,37-38H,10,12-14,16H2,1H3,(H,39,44)(H,40,43)/b26-24-,37-25?. The first-order valence-electron chi connectivity index (χ1n) is 14.3. The number of amides is 2. The van der Waals surface area contributed by atoms with E-state index in [2.05, 4.69) is 15.4 Å². The summed E-state index contributed by atoms with van der Waals surface area (Å²) in [6, 6.07) is 8.60. The fraction of sp³-hybridized carbons (Fsp3) is 0.367. The lowest BCUT2D eigenvalue weighted by Gasteiger charge is -2.24. The predicted molar refractivity (Wildman–Crippen MR) is 162 cm³/mol. The molecular formula is C30H30F6N6O4S. The third-order valence-corrected chi connectivity index (χ3v) is 8.50. The van der Waals surface area contributed by atoms with E-state index >= 15 is 0 Å². The van der Waals surface area contributed by atoms with Crippen molar-refractivity contribution < 1.29 is 40.9 Å². The van der Waals surface area contributed by atoms with E-state index in [0.29, 0.717) is 18.4 Å². The normalized spacial score (nSPS) is 19.9. The van der Waals surface area contributed by atoms with Crippen LogP contribution in [0.1, 0.15) is 52.9 Å². The van der Waals surface area contributed by atoms with E-state index < -0.39 is 53.1 Å². The van der Waals surface area contributed by atoms with Crippen LogP contribution in [0.25, 0.3) is 0 Å². The average molecular weight is 685 g/mol. The van der Waals surface area contributed by atoms with Crippen LogP contribution in [0.15, 0.2) is 72.1 Å². The molecule has 0 saturated carbocycles. The van der Waals surface area contributed by atoms with Gasteiger partial charge in [0.25, 0.3) is 11.8 Å². The molecule has 2 aromatic rings. The number of rotatable bonds is 10. The zero-order valence-electron chi connectivity index (χ0n) is 24.7. The predicted octanol–water partition coefficient (Wildman–Crippen LogP) is 5.52. The fourth-order valence-corrected chi connectivity index (χ4v) is 5.80. The molecule has 252 valence electrons. The Hall–Kier alpha value is -4.54. The van der Waals surface area contributed by atoms with Gasteiger partial charge in [-0.15, -0.1) is 0 Å². The SMILES string of the molecule is CC(NC(=O)/C(C(=N)C(F)(F)F)=C1/NCCN1Cc1cccc(C(F)(F)F)c1)c1ccc(C(=O)NSC2C=CC([N+](=O)[O-])CC2)cc1. The van der Waals surface area contributed by atoms with Crippen molar-refractivity contribution in [2.45, 2.75) is 56.0 Å². The molecule has 1 saturated heterocycles. The summed E-state index contributed by atoms with van der Waals surface area (Å²) in [4.78, 5) is 37.7. The molecule has 2 aliphatic rings. The molecule has 0 radical (unpaired) electrons. The van der Waals surface area contributed by atoms with Crippen molar-refractivity contribution in [1.29, 1.82) is 5.41 Å². The average Bonchev–Trinajstić information content (AvgIpc) is 3.46. The molecule has 0 aromatic heterocycles. The van der Waals surface area contributed by atoms with Crippen molar-refractivity contribution in [3.63, 3.8) is 0 Å². The number of nitro groups is 1. The third-order valence-electron chi connectivity index (χ3n) is 7.50. The maximum Gasteiger partial charge on any atom is 0.433 e. The molecule has 10 nitrogen and oxygen atoms in total. The van der Waals surface area contributed by atoms with Gasteiger partial charge in [0.1, 0.15) is 11.4 Å². The highest BCUT2D eigenvalue weighted by atomic mass is 32.2. The van der Waals surface area contributed by atoms with E-state index in [-0.39, 0.29) is 46.8 Å². The van der Waals surface area contributed by atoms with Crippen LogP contribution < -0.4 is 15.4 Å². The Labute approximate surface area is 269 Å².